The maximum atomic E-state index is 14.5. The topological polar surface area (TPSA) is 106 Å². The number of pyridine rings is 1. The zero-order valence-electron chi connectivity index (χ0n) is 21.9. The van der Waals surface area contributed by atoms with Crippen LogP contribution in [0.4, 0.5) is 4.39 Å². The molecule has 4 heterocycles. The van der Waals surface area contributed by atoms with E-state index < -0.39 is 28.7 Å². The summed E-state index contributed by atoms with van der Waals surface area (Å²) >= 11 is 5.84. The molecule has 1 N–H and O–H groups in total. The van der Waals surface area contributed by atoms with E-state index in [1.54, 1.807) is 24.0 Å². The number of aromatic nitrogens is 5. The normalized spacial score (nSPS) is 15.2. The maximum Gasteiger partial charge on any atom is 0.275 e. The third kappa shape index (κ3) is 4.80. The quantitative estimate of drug-likeness (QED) is 0.384. The standard InChI is InChI=1S/C28H28ClFN6O3/c1-4-16-7-6-8-17(5-2)24(16)36-25(21-10-11-34(3)33-21)32-26(37)22(28(36)39)27(38)35-12-9-18(15-35)23-20(30)13-19(29)14-31-23/h6-8,10-11,13-14,18,37H,4-5,9,12,15H2,1-3H3/t18-/m1/s1. The second-order valence-electron chi connectivity index (χ2n) is 9.54. The minimum atomic E-state index is -0.692. The van der Waals surface area contributed by atoms with Crippen molar-refractivity contribution in [3.63, 3.8) is 0 Å². The lowest BCUT2D eigenvalue weighted by atomic mass is 10.0. The number of carbonyl (C=O) groups excluding carboxylic acids is 1. The molecule has 1 aromatic carbocycles. The summed E-state index contributed by atoms with van der Waals surface area (Å²) in [4.78, 5) is 37.8. The summed E-state index contributed by atoms with van der Waals surface area (Å²) in [6.45, 7) is 4.37. The number of rotatable bonds is 6. The number of aryl methyl sites for hydroxylation is 3. The molecular formula is C28H28ClFN6O3. The Bertz CT molecular complexity index is 1610. The Balaban J connectivity index is 1.63. The summed E-state index contributed by atoms with van der Waals surface area (Å²) in [5, 5.41) is 15.6. The molecule has 0 aliphatic carbocycles. The number of carbonyl (C=O) groups is 1. The fourth-order valence-corrected chi connectivity index (χ4v) is 5.31. The van der Waals surface area contributed by atoms with E-state index in [2.05, 4.69) is 15.1 Å². The first kappa shape index (κ1) is 26.6. The first-order chi connectivity index (χ1) is 18.7. The van der Waals surface area contributed by atoms with Crippen LogP contribution in [0, 0.1) is 5.82 Å². The molecule has 1 saturated heterocycles. The van der Waals surface area contributed by atoms with Crippen LogP contribution in [0.3, 0.4) is 0 Å². The molecule has 0 saturated carbocycles. The van der Waals surface area contributed by atoms with Crippen LogP contribution < -0.4 is 5.56 Å². The molecule has 0 radical (unpaired) electrons. The predicted octanol–water partition coefficient (Wildman–Crippen LogP) is 4.28. The summed E-state index contributed by atoms with van der Waals surface area (Å²) in [5.41, 5.74) is 1.87. The largest absolute Gasteiger partial charge is 0.493 e. The van der Waals surface area contributed by atoms with Crippen LogP contribution in [0.5, 0.6) is 5.88 Å². The first-order valence-electron chi connectivity index (χ1n) is 12.8. The fourth-order valence-electron chi connectivity index (χ4n) is 5.16. The van der Waals surface area contributed by atoms with Gasteiger partial charge in [-0.1, -0.05) is 43.6 Å². The smallest absolute Gasteiger partial charge is 0.275 e. The lowest BCUT2D eigenvalue weighted by Crippen LogP contribution is -2.36. The Morgan fingerprint density at radius 1 is 1.21 bits per heavy atom. The Morgan fingerprint density at radius 2 is 1.92 bits per heavy atom. The highest BCUT2D eigenvalue weighted by Crippen LogP contribution is 2.31. The van der Waals surface area contributed by atoms with E-state index >= 15 is 0 Å². The van der Waals surface area contributed by atoms with Gasteiger partial charge in [0.25, 0.3) is 11.5 Å². The van der Waals surface area contributed by atoms with Crippen LogP contribution in [0.25, 0.3) is 17.2 Å². The van der Waals surface area contributed by atoms with Crippen molar-refractivity contribution in [1.82, 2.24) is 29.2 Å². The molecule has 1 amide bonds. The van der Waals surface area contributed by atoms with E-state index in [4.69, 9.17) is 11.6 Å². The van der Waals surface area contributed by atoms with Gasteiger partial charge in [0, 0.05) is 38.4 Å². The van der Waals surface area contributed by atoms with Gasteiger partial charge in [0.2, 0.25) is 5.88 Å². The second-order valence-corrected chi connectivity index (χ2v) is 9.98. The molecule has 4 aromatic rings. The van der Waals surface area contributed by atoms with E-state index in [9.17, 15) is 19.1 Å². The molecule has 1 aliphatic rings. The van der Waals surface area contributed by atoms with Gasteiger partial charge in [-0.25, -0.2) is 4.39 Å². The molecule has 202 valence electrons. The number of aromatic hydroxyl groups is 1. The second kappa shape index (κ2) is 10.6. The molecule has 1 atom stereocenters. The summed E-state index contributed by atoms with van der Waals surface area (Å²) in [6, 6.07) is 8.67. The van der Waals surface area contributed by atoms with Crippen molar-refractivity contribution in [2.45, 2.75) is 39.0 Å². The van der Waals surface area contributed by atoms with Gasteiger partial charge in [-0.15, -0.1) is 0 Å². The number of halogens is 2. The number of hydrogen-bond acceptors (Lipinski definition) is 6. The SMILES string of the molecule is CCc1cccc(CC)c1-n1c(-c2ccn(C)n2)nc(O)c(C(=O)N2CC[C@@H](c3ncc(Cl)cc3F)C2)c1=O. The van der Waals surface area contributed by atoms with Crippen molar-refractivity contribution in [2.24, 2.45) is 7.05 Å². The van der Waals surface area contributed by atoms with Gasteiger partial charge >= 0.3 is 0 Å². The van der Waals surface area contributed by atoms with Crippen molar-refractivity contribution in [1.29, 1.82) is 0 Å². The number of hydrogen-bond donors (Lipinski definition) is 1. The lowest BCUT2D eigenvalue weighted by Gasteiger charge is -2.21. The lowest BCUT2D eigenvalue weighted by molar-refractivity contribution is 0.0784. The number of para-hydroxylation sites is 1. The average Bonchev–Trinajstić information content (AvgIpc) is 3.57. The molecule has 1 fully saturated rings. The molecule has 0 spiro atoms. The number of likely N-dealkylation sites (tertiary alicyclic amines) is 1. The first-order valence-corrected chi connectivity index (χ1v) is 13.2. The molecule has 39 heavy (non-hydrogen) atoms. The highest BCUT2D eigenvalue weighted by atomic mass is 35.5. The fraction of sp³-hybridized carbons (Fsp3) is 0.321. The molecule has 1 aliphatic heterocycles. The van der Waals surface area contributed by atoms with Gasteiger partial charge in [0.15, 0.2) is 11.4 Å². The van der Waals surface area contributed by atoms with Crippen LogP contribution >= 0.6 is 11.6 Å². The maximum absolute atomic E-state index is 14.5. The van der Waals surface area contributed by atoms with Crippen molar-refractivity contribution in [3.8, 4) is 23.1 Å². The van der Waals surface area contributed by atoms with Gasteiger partial charge in [-0.05, 0) is 42.5 Å². The Hall–Kier alpha value is -4.05. The number of benzene rings is 1. The predicted molar refractivity (Wildman–Crippen MR) is 145 cm³/mol. The summed E-state index contributed by atoms with van der Waals surface area (Å²) in [5.74, 6) is -2.12. The highest BCUT2D eigenvalue weighted by molar-refractivity contribution is 6.30. The molecule has 9 nitrogen and oxygen atoms in total. The Kier molecular flexibility index (Phi) is 7.22. The monoisotopic (exact) mass is 550 g/mol. The summed E-state index contributed by atoms with van der Waals surface area (Å²) in [6.07, 6.45) is 4.79. The van der Waals surface area contributed by atoms with Crippen molar-refractivity contribution in [3.05, 3.63) is 86.3 Å². The van der Waals surface area contributed by atoms with Gasteiger partial charge in [-0.2, -0.15) is 10.1 Å². The Morgan fingerprint density at radius 3 is 2.54 bits per heavy atom. The van der Waals surface area contributed by atoms with Crippen molar-refractivity contribution in [2.75, 3.05) is 13.1 Å². The van der Waals surface area contributed by atoms with E-state index in [-0.39, 0.29) is 35.5 Å². The molecule has 3 aromatic heterocycles. The zero-order chi connectivity index (χ0) is 27.8. The van der Waals surface area contributed by atoms with Crippen LogP contribution in [0.2, 0.25) is 5.02 Å². The van der Waals surface area contributed by atoms with E-state index in [0.29, 0.717) is 30.6 Å². The molecule has 0 bridgehead atoms. The number of nitrogens with zero attached hydrogens (tertiary/aromatic N) is 6. The van der Waals surface area contributed by atoms with Gasteiger partial charge in [0.1, 0.15) is 11.5 Å². The van der Waals surface area contributed by atoms with E-state index in [1.807, 2.05) is 32.0 Å². The highest BCUT2D eigenvalue weighted by Gasteiger charge is 2.35. The van der Waals surface area contributed by atoms with Crippen LogP contribution in [0.1, 0.15) is 53.4 Å². The van der Waals surface area contributed by atoms with Gasteiger partial charge in [0.05, 0.1) is 16.4 Å². The van der Waals surface area contributed by atoms with E-state index in [0.717, 1.165) is 11.1 Å². The van der Waals surface area contributed by atoms with Gasteiger partial charge in [-0.3, -0.25) is 23.8 Å². The minimum absolute atomic E-state index is 0.136. The summed E-state index contributed by atoms with van der Waals surface area (Å²) in [7, 11) is 1.74. The zero-order valence-corrected chi connectivity index (χ0v) is 22.6. The third-order valence-corrected chi connectivity index (χ3v) is 7.31. The van der Waals surface area contributed by atoms with Crippen LogP contribution in [-0.2, 0) is 19.9 Å². The molecule has 5 rings (SSSR count). The number of amides is 1. The van der Waals surface area contributed by atoms with Crippen LogP contribution in [0.15, 0.2) is 47.5 Å². The molecular weight excluding hydrogens is 523 g/mol. The molecule has 0 unspecified atom stereocenters. The van der Waals surface area contributed by atoms with Crippen molar-refractivity contribution < 1.29 is 14.3 Å². The van der Waals surface area contributed by atoms with Gasteiger partial charge < -0.3 is 10.0 Å². The third-order valence-electron chi connectivity index (χ3n) is 7.11. The minimum Gasteiger partial charge on any atom is -0.493 e. The Labute approximate surface area is 229 Å². The van der Waals surface area contributed by atoms with E-state index in [1.165, 1.54) is 21.7 Å². The molecule has 11 heteroatoms. The average molecular weight is 551 g/mol. The summed E-state index contributed by atoms with van der Waals surface area (Å²) < 4.78 is 17.5. The van der Waals surface area contributed by atoms with Crippen LogP contribution in [-0.4, -0.2) is 53.3 Å². The van der Waals surface area contributed by atoms with Crippen molar-refractivity contribution >= 4 is 17.5 Å².